The molecule has 0 saturated heterocycles. The van der Waals surface area contributed by atoms with E-state index in [4.69, 9.17) is 55.9 Å². The molecule has 2 saturated carbocycles. The molecule has 0 heterocycles. The number of aliphatic carboxylic acids is 2. The van der Waals surface area contributed by atoms with E-state index in [0.717, 1.165) is 0 Å². The molecule has 2 N–H and O–H groups in total. The Morgan fingerprint density at radius 2 is 1.16 bits per heavy atom. The Bertz CT molecular complexity index is 2710. The maximum Gasteiger partial charge on any atom is 0.312 e. The van der Waals surface area contributed by atoms with Crippen LogP contribution in [0.2, 0.25) is 5.02 Å². The van der Waals surface area contributed by atoms with Crippen LogP contribution in [0.15, 0.2) is 138 Å². The lowest BCUT2D eigenvalue weighted by molar-refractivity contribution is -0.146. The predicted octanol–water partition coefficient (Wildman–Crippen LogP) is 14.2. The monoisotopic (exact) mass is 942 g/mol. The summed E-state index contributed by atoms with van der Waals surface area (Å²) in [6, 6.07) is 36.3. The van der Waals surface area contributed by atoms with Gasteiger partial charge >= 0.3 is 11.9 Å². The second kappa shape index (κ2) is 18.7. The number of carboxylic acids is 2. The first-order valence-corrected chi connectivity index (χ1v) is 21.3. The van der Waals surface area contributed by atoms with Crippen LogP contribution in [0.25, 0.3) is 5.03 Å². The summed E-state index contributed by atoms with van der Waals surface area (Å²) in [5.74, 6) is -5.11. The van der Waals surface area contributed by atoms with Gasteiger partial charge in [0.1, 0.15) is 38.4 Å². The van der Waals surface area contributed by atoms with Gasteiger partial charge in [-0.05, 0) is 94.3 Å². The van der Waals surface area contributed by atoms with Crippen molar-refractivity contribution in [3.05, 3.63) is 171 Å². The first kappa shape index (κ1) is 47.6. The van der Waals surface area contributed by atoms with Crippen molar-refractivity contribution in [2.45, 2.75) is 39.5 Å². The molecular formula is C50H40Cl4F2N2O6. The molecule has 2 aliphatic rings. The van der Waals surface area contributed by atoms with E-state index in [-0.39, 0.29) is 16.1 Å². The van der Waals surface area contributed by atoms with E-state index in [1.54, 1.807) is 92.7 Å². The summed E-state index contributed by atoms with van der Waals surface area (Å²) in [6.45, 7) is 7.16. The number of hydrogen-bond acceptors (Lipinski definition) is 6. The van der Waals surface area contributed by atoms with Crippen molar-refractivity contribution in [1.29, 1.82) is 10.5 Å². The molecule has 8 nitrogen and oxygen atoms in total. The standard InChI is InChI=1S/C28H22Cl2FNO3.C22H18Cl2FNO3/c1-27(2)25(28(27,26(33)34)21(16-32)17-6-4-3-5-7-17)15-23(30)18-8-13-22(29)24(14-18)35-20-11-9-19(31)10-12-20;1-21(2)18(11-19(23)24)22(21,20(27)28)15(12-26)13-8-9-16(25)17(10-13)29-14-6-4-3-5-7-14/h3-15,21,25H,1-2H3,(H,33,34);3-11,15,18H,1-2H3,(H,27,28). The molecule has 64 heavy (non-hydrogen) atoms. The smallest absolute Gasteiger partial charge is 0.312 e. The zero-order valence-electron chi connectivity index (χ0n) is 34.7. The van der Waals surface area contributed by atoms with Crippen molar-refractivity contribution in [3.63, 3.8) is 0 Å². The average molecular weight is 945 g/mol. The summed E-state index contributed by atoms with van der Waals surface area (Å²) in [5, 5.41) is 41.0. The lowest BCUT2D eigenvalue weighted by atomic mass is 9.78. The number of carboxylic acid groups (broad SMARTS) is 2. The van der Waals surface area contributed by atoms with Gasteiger partial charge in [0, 0.05) is 16.9 Å². The van der Waals surface area contributed by atoms with Crippen LogP contribution in [0, 0.1) is 67.8 Å². The number of nitrogens with zero attached hydrogens (tertiary/aromatic N) is 2. The van der Waals surface area contributed by atoms with Gasteiger partial charge in [-0.25, -0.2) is 8.78 Å². The Balaban J connectivity index is 0.000000216. The fourth-order valence-electron chi connectivity index (χ4n) is 9.17. The summed E-state index contributed by atoms with van der Waals surface area (Å²) in [7, 11) is 0. The highest BCUT2D eigenvalue weighted by atomic mass is 35.5. The maximum absolute atomic E-state index is 14.3. The number of allylic oxidation sites excluding steroid dienone is 2. The molecule has 328 valence electrons. The van der Waals surface area contributed by atoms with Gasteiger partial charge in [-0.3, -0.25) is 9.59 Å². The average Bonchev–Trinajstić information content (AvgIpc) is 3.96. The van der Waals surface area contributed by atoms with Gasteiger partial charge in [-0.15, -0.1) is 0 Å². The molecule has 14 heteroatoms. The Kier molecular flexibility index (Phi) is 13.9. The fraction of sp³-hybridized carbons (Fsp3) is 0.240. The Morgan fingerprint density at radius 3 is 1.69 bits per heavy atom. The van der Waals surface area contributed by atoms with Crippen LogP contribution in [-0.2, 0) is 9.59 Å². The molecule has 5 aromatic carbocycles. The highest BCUT2D eigenvalue weighted by Gasteiger charge is 2.79. The number of para-hydroxylation sites is 1. The summed E-state index contributed by atoms with van der Waals surface area (Å²) in [5.41, 5.74) is -2.75. The highest BCUT2D eigenvalue weighted by Crippen LogP contribution is 2.76. The highest BCUT2D eigenvalue weighted by molar-refractivity contribution is 6.55. The van der Waals surface area contributed by atoms with E-state index in [1.165, 1.54) is 48.5 Å². The molecule has 0 amide bonds. The van der Waals surface area contributed by atoms with E-state index in [9.17, 15) is 39.1 Å². The van der Waals surface area contributed by atoms with Crippen molar-refractivity contribution in [2.24, 2.45) is 33.5 Å². The maximum atomic E-state index is 14.3. The van der Waals surface area contributed by atoms with E-state index in [2.05, 4.69) is 12.1 Å². The first-order chi connectivity index (χ1) is 30.3. The molecule has 0 radical (unpaired) electrons. The third-order valence-corrected chi connectivity index (χ3v) is 13.5. The van der Waals surface area contributed by atoms with E-state index >= 15 is 0 Å². The van der Waals surface area contributed by atoms with Gasteiger partial charge in [0.15, 0.2) is 11.6 Å². The van der Waals surface area contributed by atoms with Crippen LogP contribution in [0.3, 0.4) is 0 Å². The summed E-state index contributed by atoms with van der Waals surface area (Å²) in [4.78, 5) is 25.0. The Labute approximate surface area is 389 Å². The predicted molar refractivity (Wildman–Crippen MR) is 242 cm³/mol. The molecule has 0 aromatic heterocycles. The van der Waals surface area contributed by atoms with Gasteiger partial charge < -0.3 is 19.7 Å². The molecule has 2 fully saturated rings. The van der Waals surface area contributed by atoms with Crippen molar-refractivity contribution < 1.29 is 38.1 Å². The topological polar surface area (TPSA) is 141 Å². The minimum absolute atomic E-state index is 0.0601. The zero-order chi connectivity index (χ0) is 46.8. The number of rotatable bonds is 13. The molecule has 0 bridgehead atoms. The zero-order valence-corrected chi connectivity index (χ0v) is 37.7. The van der Waals surface area contributed by atoms with Crippen molar-refractivity contribution in [1.82, 2.24) is 0 Å². The summed E-state index contributed by atoms with van der Waals surface area (Å²) >= 11 is 24.5. The quantitative estimate of drug-likeness (QED) is 0.119. The van der Waals surface area contributed by atoms with Crippen LogP contribution in [0.4, 0.5) is 8.78 Å². The molecule has 0 spiro atoms. The largest absolute Gasteiger partial charge is 0.481 e. The number of halogens is 6. The van der Waals surface area contributed by atoms with Crippen LogP contribution >= 0.6 is 46.4 Å². The molecule has 7 rings (SSSR count). The van der Waals surface area contributed by atoms with Crippen molar-refractivity contribution >= 4 is 63.4 Å². The third-order valence-electron chi connectivity index (χ3n) is 12.6. The molecule has 0 aliphatic heterocycles. The van der Waals surface area contributed by atoms with Crippen LogP contribution < -0.4 is 9.47 Å². The van der Waals surface area contributed by atoms with Gasteiger partial charge in [0.25, 0.3) is 0 Å². The van der Waals surface area contributed by atoms with E-state index < -0.39 is 63.1 Å². The van der Waals surface area contributed by atoms with Gasteiger partial charge in [0.2, 0.25) is 0 Å². The van der Waals surface area contributed by atoms with Gasteiger partial charge in [0.05, 0.1) is 29.0 Å². The second-order valence-corrected chi connectivity index (χ2v) is 18.4. The molecule has 2 aliphatic carbocycles. The molecule has 6 atom stereocenters. The molecular weight excluding hydrogens is 904 g/mol. The van der Waals surface area contributed by atoms with Crippen LogP contribution in [0.5, 0.6) is 23.0 Å². The number of ether oxygens (including phenoxy) is 2. The number of nitriles is 2. The molecule has 5 aromatic rings. The normalized spacial score (nSPS) is 22.2. The van der Waals surface area contributed by atoms with Crippen LogP contribution in [-0.4, -0.2) is 22.2 Å². The first-order valence-electron chi connectivity index (χ1n) is 19.8. The Hall–Kier alpha value is -5.88. The summed E-state index contributed by atoms with van der Waals surface area (Å²) in [6.07, 6.45) is 3.15. The fourth-order valence-corrected chi connectivity index (χ4v) is 9.82. The Morgan fingerprint density at radius 1 is 0.656 bits per heavy atom. The lowest BCUT2D eigenvalue weighted by Gasteiger charge is -2.22. The second-order valence-electron chi connectivity index (χ2n) is 16.6. The van der Waals surface area contributed by atoms with Gasteiger partial charge in [-0.2, -0.15) is 10.5 Å². The van der Waals surface area contributed by atoms with E-state index in [0.29, 0.717) is 44.0 Å². The van der Waals surface area contributed by atoms with Crippen LogP contribution in [0.1, 0.15) is 56.2 Å². The SMILES string of the molecule is CC1(C)C(C=C(Cl)Cl)C1(C(=O)O)C(C#N)c1ccc(F)c(Oc2ccccc2)c1.CC1(C)C(C=C(Cl)c2ccc(Cl)c(Oc3ccc(F)cc3)c2)C1(C(=O)O)C(C#N)c1ccccc1. The summed E-state index contributed by atoms with van der Waals surface area (Å²) < 4.78 is 38.9. The number of carbonyl (C=O) groups is 2. The minimum atomic E-state index is -1.46. The van der Waals surface area contributed by atoms with Crippen molar-refractivity contribution in [3.8, 4) is 35.1 Å². The third kappa shape index (κ3) is 8.68. The van der Waals surface area contributed by atoms with Crippen molar-refractivity contribution in [2.75, 3.05) is 0 Å². The number of hydrogen-bond donors (Lipinski definition) is 2. The number of benzene rings is 5. The van der Waals surface area contributed by atoms with E-state index in [1.807, 2.05) is 19.9 Å². The van der Waals surface area contributed by atoms with Gasteiger partial charge in [-0.1, -0.05) is 141 Å². The molecule has 6 unspecified atom stereocenters. The minimum Gasteiger partial charge on any atom is -0.481 e. The lowest BCUT2D eigenvalue weighted by Crippen LogP contribution is -2.28.